The molecule has 0 saturated carbocycles. The first-order chi connectivity index (χ1) is 9.72. The zero-order chi connectivity index (χ0) is 13.9. The molecule has 2 atom stereocenters. The van der Waals surface area contributed by atoms with Crippen LogP contribution < -0.4 is 10.6 Å². The van der Waals surface area contributed by atoms with Gasteiger partial charge in [-0.1, -0.05) is 12.1 Å². The van der Waals surface area contributed by atoms with Gasteiger partial charge >= 0.3 is 0 Å². The van der Waals surface area contributed by atoms with Crippen molar-refractivity contribution in [3.63, 3.8) is 0 Å². The van der Waals surface area contributed by atoms with Crippen LogP contribution in [0.1, 0.15) is 30.3 Å². The molecule has 0 bridgehead atoms. The number of nitrogens with zero attached hydrogens (tertiary/aromatic N) is 2. The summed E-state index contributed by atoms with van der Waals surface area (Å²) in [5.41, 5.74) is 1.94. The number of aromatic nitrogens is 2. The molecule has 0 radical (unpaired) electrons. The Kier molecular flexibility index (Phi) is 7.00. The first kappa shape index (κ1) is 18.6. The number of hydrogen-bond donors (Lipinski definition) is 2. The summed E-state index contributed by atoms with van der Waals surface area (Å²) in [6.45, 7) is 3.07. The normalized spacial score (nSPS) is 20.6. The Hall–Kier alpha value is -1.43. The number of rotatable bonds is 2. The highest BCUT2D eigenvalue weighted by molar-refractivity contribution is 5.93. The van der Waals surface area contributed by atoms with Crippen LogP contribution in [0.15, 0.2) is 30.5 Å². The Balaban J connectivity index is 0.00000121. The molecule has 22 heavy (non-hydrogen) atoms. The van der Waals surface area contributed by atoms with Gasteiger partial charge in [0.1, 0.15) is 5.69 Å². The van der Waals surface area contributed by atoms with Crippen molar-refractivity contribution in [3.8, 4) is 0 Å². The second-order valence-electron chi connectivity index (χ2n) is 5.29. The highest BCUT2D eigenvalue weighted by Crippen LogP contribution is 2.11. The van der Waals surface area contributed by atoms with Crippen LogP contribution in [0.3, 0.4) is 0 Å². The fraction of sp³-hybridized carbons (Fsp3) is 0.400. The number of carbonyl (C=O) groups is 1. The molecule has 1 aliphatic rings. The molecule has 0 aliphatic carbocycles. The fourth-order valence-corrected chi connectivity index (χ4v) is 2.59. The van der Waals surface area contributed by atoms with Crippen LogP contribution in [0, 0.1) is 0 Å². The number of amides is 1. The highest BCUT2D eigenvalue weighted by Gasteiger charge is 2.21. The minimum atomic E-state index is -0.137. The van der Waals surface area contributed by atoms with E-state index in [1.807, 2.05) is 24.3 Å². The van der Waals surface area contributed by atoms with E-state index in [4.69, 9.17) is 0 Å². The van der Waals surface area contributed by atoms with Gasteiger partial charge in [0.15, 0.2) is 0 Å². The lowest BCUT2D eigenvalue weighted by molar-refractivity contribution is 0.0920. The molecule has 1 saturated heterocycles. The number of para-hydroxylation sites is 2. The average Bonchev–Trinajstić information content (AvgIpc) is 2.47. The van der Waals surface area contributed by atoms with Crippen molar-refractivity contribution in [1.29, 1.82) is 0 Å². The molecule has 1 aliphatic heterocycles. The zero-order valence-electron chi connectivity index (χ0n) is 12.3. The molecule has 2 unspecified atom stereocenters. The van der Waals surface area contributed by atoms with Crippen molar-refractivity contribution < 1.29 is 4.79 Å². The molecule has 1 fully saturated rings. The number of benzene rings is 1. The van der Waals surface area contributed by atoms with E-state index in [-0.39, 0.29) is 36.8 Å². The minimum Gasteiger partial charge on any atom is -0.348 e. The number of hydrogen-bond acceptors (Lipinski definition) is 4. The molecule has 1 amide bonds. The van der Waals surface area contributed by atoms with Gasteiger partial charge in [-0.05, 0) is 38.4 Å². The standard InChI is InChI=1S/C15H18N4O.2ClH/c1-10-8-11(6-7-16-10)18-15(20)14-9-17-12-4-2-3-5-13(12)19-14;;/h2-5,9-11,16H,6-8H2,1H3,(H,18,20);2*1H. The lowest BCUT2D eigenvalue weighted by Crippen LogP contribution is -2.46. The summed E-state index contributed by atoms with van der Waals surface area (Å²) < 4.78 is 0. The molecule has 5 nitrogen and oxygen atoms in total. The number of carbonyl (C=O) groups excluding carboxylic acids is 1. The Morgan fingerprint density at radius 2 is 2.00 bits per heavy atom. The van der Waals surface area contributed by atoms with Gasteiger partial charge in [0.2, 0.25) is 0 Å². The van der Waals surface area contributed by atoms with Gasteiger partial charge in [0.05, 0.1) is 17.2 Å². The predicted octanol–water partition coefficient (Wildman–Crippen LogP) is 2.34. The van der Waals surface area contributed by atoms with Crippen molar-refractivity contribution >= 4 is 41.8 Å². The summed E-state index contributed by atoms with van der Waals surface area (Å²) in [4.78, 5) is 20.9. The molecule has 7 heteroatoms. The van der Waals surface area contributed by atoms with Gasteiger partial charge in [-0.2, -0.15) is 0 Å². The van der Waals surface area contributed by atoms with Crippen LogP contribution in [0.2, 0.25) is 0 Å². The van der Waals surface area contributed by atoms with Gasteiger partial charge in [-0.25, -0.2) is 4.98 Å². The van der Waals surface area contributed by atoms with Crippen molar-refractivity contribution in [2.75, 3.05) is 6.54 Å². The molecular formula is C15H20Cl2N4O. The molecule has 1 aromatic carbocycles. The molecule has 1 aromatic heterocycles. The molecular weight excluding hydrogens is 323 g/mol. The molecule has 120 valence electrons. The lowest BCUT2D eigenvalue weighted by atomic mass is 10.0. The number of nitrogens with one attached hydrogen (secondary N) is 2. The molecule has 3 rings (SSSR count). The largest absolute Gasteiger partial charge is 0.348 e. The maximum Gasteiger partial charge on any atom is 0.271 e. The third kappa shape index (κ3) is 4.29. The second kappa shape index (κ2) is 8.27. The van der Waals surface area contributed by atoms with E-state index in [1.54, 1.807) is 6.20 Å². The van der Waals surface area contributed by atoms with Crippen LogP contribution >= 0.6 is 24.8 Å². The summed E-state index contributed by atoms with van der Waals surface area (Å²) in [6, 6.07) is 8.22. The van der Waals surface area contributed by atoms with Crippen molar-refractivity contribution in [3.05, 3.63) is 36.2 Å². The van der Waals surface area contributed by atoms with Gasteiger partial charge in [-0.15, -0.1) is 24.8 Å². The summed E-state index contributed by atoms with van der Waals surface area (Å²) in [6.07, 6.45) is 3.45. The maximum atomic E-state index is 12.2. The topological polar surface area (TPSA) is 66.9 Å². The SMILES string of the molecule is CC1CC(NC(=O)c2cnc3ccccc3n2)CCN1.Cl.Cl. The Labute approximate surface area is 142 Å². The Bertz CT molecular complexity index is 638. The first-order valence-corrected chi connectivity index (χ1v) is 6.98. The van der Waals surface area contributed by atoms with Gasteiger partial charge in [0, 0.05) is 12.1 Å². The summed E-state index contributed by atoms with van der Waals surface area (Å²) in [7, 11) is 0. The number of piperidine rings is 1. The third-order valence-corrected chi connectivity index (χ3v) is 3.64. The number of fused-ring (bicyclic) bond motifs is 1. The average molecular weight is 343 g/mol. The summed E-state index contributed by atoms with van der Waals surface area (Å²) in [5.74, 6) is -0.137. The van der Waals surface area contributed by atoms with E-state index >= 15 is 0 Å². The summed E-state index contributed by atoms with van der Waals surface area (Å²) in [5, 5.41) is 6.42. The smallest absolute Gasteiger partial charge is 0.271 e. The van der Waals surface area contributed by atoms with E-state index in [1.165, 1.54) is 0 Å². The number of halogens is 2. The van der Waals surface area contributed by atoms with Gasteiger partial charge in [-0.3, -0.25) is 9.78 Å². The van der Waals surface area contributed by atoms with Gasteiger partial charge < -0.3 is 10.6 Å². The van der Waals surface area contributed by atoms with Crippen molar-refractivity contribution in [2.45, 2.75) is 31.8 Å². The van der Waals surface area contributed by atoms with E-state index < -0.39 is 0 Å². The van der Waals surface area contributed by atoms with Crippen LogP contribution in [0.5, 0.6) is 0 Å². The fourth-order valence-electron chi connectivity index (χ4n) is 2.59. The molecule has 2 heterocycles. The minimum absolute atomic E-state index is 0. The van der Waals surface area contributed by atoms with Crippen LogP contribution in [0.25, 0.3) is 11.0 Å². The van der Waals surface area contributed by atoms with Crippen molar-refractivity contribution in [2.24, 2.45) is 0 Å². The summed E-state index contributed by atoms with van der Waals surface area (Å²) >= 11 is 0. The Morgan fingerprint density at radius 3 is 2.73 bits per heavy atom. The zero-order valence-corrected chi connectivity index (χ0v) is 13.9. The second-order valence-corrected chi connectivity index (χ2v) is 5.29. The molecule has 2 N–H and O–H groups in total. The molecule has 0 spiro atoms. The maximum absolute atomic E-state index is 12.2. The first-order valence-electron chi connectivity index (χ1n) is 6.98. The Morgan fingerprint density at radius 1 is 1.27 bits per heavy atom. The van der Waals surface area contributed by atoms with E-state index in [0.29, 0.717) is 11.7 Å². The van der Waals surface area contributed by atoms with Crippen LogP contribution in [-0.2, 0) is 0 Å². The van der Waals surface area contributed by atoms with Crippen LogP contribution in [0.4, 0.5) is 0 Å². The monoisotopic (exact) mass is 342 g/mol. The van der Waals surface area contributed by atoms with E-state index in [2.05, 4.69) is 27.5 Å². The van der Waals surface area contributed by atoms with Crippen LogP contribution in [-0.4, -0.2) is 34.5 Å². The molecule has 2 aromatic rings. The van der Waals surface area contributed by atoms with Gasteiger partial charge in [0.25, 0.3) is 5.91 Å². The predicted molar refractivity (Wildman–Crippen MR) is 92.0 cm³/mol. The third-order valence-electron chi connectivity index (χ3n) is 3.64. The lowest BCUT2D eigenvalue weighted by Gasteiger charge is -2.28. The van der Waals surface area contributed by atoms with Crippen molar-refractivity contribution in [1.82, 2.24) is 20.6 Å². The van der Waals surface area contributed by atoms with E-state index in [9.17, 15) is 4.79 Å². The quantitative estimate of drug-likeness (QED) is 0.878. The highest BCUT2D eigenvalue weighted by atomic mass is 35.5. The van der Waals surface area contributed by atoms with E-state index in [0.717, 1.165) is 30.4 Å².